The first-order valence-electron chi connectivity index (χ1n) is 5.87. The third-order valence-electron chi connectivity index (χ3n) is 2.78. The fourth-order valence-electron chi connectivity index (χ4n) is 1.39. The van der Waals surface area contributed by atoms with Crippen molar-refractivity contribution < 1.29 is 14.6 Å². The van der Waals surface area contributed by atoms with E-state index in [1.54, 1.807) is 6.92 Å². The molecule has 18 heavy (non-hydrogen) atoms. The van der Waals surface area contributed by atoms with E-state index in [2.05, 4.69) is 0 Å². The van der Waals surface area contributed by atoms with Crippen LogP contribution in [0, 0.1) is 0 Å². The minimum absolute atomic E-state index is 0.129. The number of rotatable bonds is 7. The first kappa shape index (κ1) is 14.5. The first-order valence-corrected chi connectivity index (χ1v) is 5.87. The fourth-order valence-corrected chi connectivity index (χ4v) is 1.39. The van der Waals surface area contributed by atoms with Gasteiger partial charge in [0.05, 0.1) is 12.1 Å². The van der Waals surface area contributed by atoms with Gasteiger partial charge in [0, 0.05) is 13.0 Å². The van der Waals surface area contributed by atoms with Crippen molar-refractivity contribution >= 4 is 5.91 Å². The van der Waals surface area contributed by atoms with Gasteiger partial charge in [0.15, 0.2) is 0 Å². The number of primary amides is 1. The highest BCUT2D eigenvalue weighted by molar-refractivity contribution is 5.83. The molecular formula is C13H20N2O3. The van der Waals surface area contributed by atoms with Crippen molar-refractivity contribution in [3.05, 3.63) is 29.8 Å². The number of hydrogen-bond acceptors (Lipinski definition) is 4. The number of amides is 1. The third kappa shape index (κ3) is 4.35. The summed E-state index contributed by atoms with van der Waals surface area (Å²) >= 11 is 0. The Balaban J connectivity index is 2.42. The second-order valence-electron chi connectivity index (χ2n) is 4.50. The van der Waals surface area contributed by atoms with Crippen molar-refractivity contribution in [1.29, 1.82) is 0 Å². The number of carbonyl (C=O) groups excluding carboxylic acids is 1. The zero-order chi connectivity index (χ0) is 13.6. The molecule has 1 atom stereocenters. The quantitative estimate of drug-likeness (QED) is 0.645. The number of aliphatic hydroxyl groups is 1. The van der Waals surface area contributed by atoms with Gasteiger partial charge in [-0.05, 0) is 31.0 Å². The molecule has 0 heterocycles. The molecule has 1 aromatic rings. The second-order valence-corrected chi connectivity index (χ2v) is 4.50. The molecule has 1 unspecified atom stereocenters. The lowest BCUT2D eigenvalue weighted by atomic mass is 9.99. The molecule has 1 aromatic carbocycles. The molecule has 1 amide bonds. The van der Waals surface area contributed by atoms with Crippen molar-refractivity contribution in [3.63, 3.8) is 0 Å². The highest BCUT2D eigenvalue weighted by atomic mass is 16.5. The van der Waals surface area contributed by atoms with Gasteiger partial charge in [0.2, 0.25) is 5.91 Å². The van der Waals surface area contributed by atoms with Crippen LogP contribution < -0.4 is 16.2 Å². The van der Waals surface area contributed by atoms with Crippen LogP contribution in [0.15, 0.2) is 24.3 Å². The van der Waals surface area contributed by atoms with Gasteiger partial charge in [0.25, 0.3) is 0 Å². The van der Waals surface area contributed by atoms with Crippen LogP contribution in [-0.4, -0.2) is 29.8 Å². The van der Waals surface area contributed by atoms with E-state index >= 15 is 0 Å². The Morgan fingerprint density at radius 1 is 1.39 bits per heavy atom. The molecule has 0 spiro atoms. The zero-order valence-electron chi connectivity index (χ0n) is 10.6. The Hall–Kier alpha value is -1.59. The van der Waals surface area contributed by atoms with Crippen molar-refractivity contribution in [2.75, 3.05) is 13.2 Å². The molecule has 0 aliphatic carbocycles. The van der Waals surface area contributed by atoms with Crippen LogP contribution in [0.5, 0.6) is 5.75 Å². The molecule has 0 saturated carbocycles. The van der Waals surface area contributed by atoms with Gasteiger partial charge >= 0.3 is 0 Å². The Labute approximate surface area is 107 Å². The van der Waals surface area contributed by atoms with Crippen LogP contribution in [0.1, 0.15) is 18.9 Å². The van der Waals surface area contributed by atoms with Gasteiger partial charge in [-0.1, -0.05) is 12.1 Å². The normalized spacial score (nSPS) is 13.9. The summed E-state index contributed by atoms with van der Waals surface area (Å²) in [6, 6.07) is 7.43. The molecule has 5 N–H and O–H groups in total. The predicted molar refractivity (Wildman–Crippen MR) is 69.1 cm³/mol. The molecular weight excluding hydrogens is 232 g/mol. The summed E-state index contributed by atoms with van der Waals surface area (Å²) in [6.07, 6.45) is 0.990. The Morgan fingerprint density at radius 2 is 2.00 bits per heavy atom. The lowest BCUT2D eigenvalue weighted by Gasteiger charge is -2.20. The second kappa shape index (κ2) is 6.37. The number of carbonyl (C=O) groups is 1. The van der Waals surface area contributed by atoms with Gasteiger partial charge in [-0.25, -0.2) is 0 Å². The lowest BCUT2D eigenvalue weighted by molar-refractivity contribution is -0.123. The van der Waals surface area contributed by atoms with Gasteiger partial charge in [0.1, 0.15) is 5.75 Å². The summed E-state index contributed by atoms with van der Waals surface area (Å²) in [5, 5.41) is 8.78. The number of hydrogen-bond donors (Lipinski definition) is 3. The fraction of sp³-hybridized carbons (Fsp3) is 0.462. The maximum absolute atomic E-state index is 11.0. The van der Waals surface area contributed by atoms with Crippen LogP contribution in [0.3, 0.4) is 0 Å². The van der Waals surface area contributed by atoms with Crippen LogP contribution in [0.4, 0.5) is 0 Å². The molecule has 5 nitrogen and oxygen atoms in total. The molecule has 0 aliphatic rings. The molecule has 100 valence electrons. The molecule has 0 aliphatic heterocycles. The van der Waals surface area contributed by atoms with Crippen molar-refractivity contribution in [1.82, 2.24) is 0 Å². The van der Waals surface area contributed by atoms with E-state index in [0.29, 0.717) is 25.2 Å². The largest absolute Gasteiger partial charge is 0.494 e. The van der Waals surface area contributed by atoms with Crippen molar-refractivity contribution in [3.8, 4) is 5.75 Å². The van der Waals surface area contributed by atoms with Crippen LogP contribution in [0.2, 0.25) is 0 Å². The number of benzene rings is 1. The summed E-state index contributed by atoms with van der Waals surface area (Å²) < 4.78 is 5.47. The highest BCUT2D eigenvalue weighted by Crippen LogP contribution is 2.14. The lowest BCUT2D eigenvalue weighted by Crippen LogP contribution is -2.50. The van der Waals surface area contributed by atoms with Crippen LogP contribution in [-0.2, 0) is 11.2 Å². The van der Waals surface area contributed by atoms with E-state index < -0.39 is 11.4 Å². The standard InChI is InChI=1S/C13H20N2O3/c1-13(15,12(14)17)7-9-18-11-4-2-10(3-5-11)6-8-16/h2-5,16H,6-9,15H2,1H3,(H2,14,17). The SMILES string of the molecule is CC(N)(CCOc1ccc(CCO)cc1)C(N)=O. The van der Waals surface area contributed by atoms with E-state index in [9.17, 15) is 4.79 Å². The zero-order valence-corrected chi connectivity index (χ0v) is 10.6. The predicted octanol–water partition coefficient (Wildman–Crippen LogP) is 0.193. The van der Waals surface area contributed by atoms with E-state index in [0.717, 1.165) is 5.56 Å². The smallest absolute Gasteiger partial charge is 0.237 e. The van der Waals surface area contributed by atoms with Crippen LogP contribution in [0.25, 0.3) is 0 Å². The summed E-state index contributed by atoms with van der Waals surface area (Å²) in [5.41, 5.74) is 10.9. The van der Waals surface area contributed by atoms with Crippen molar-refractivity contribution in [2.24, 2.45) is 11.5 Å². The van der Waals surface area contributed by atoms with Gasteiger partial charge in [-0.2, -0.15) is 0 Å². The average molecular weight is 252 g/mol. The Morgan fingerprint density at radius 3 is 2.50 bits per heavy atom. The monoisotopic (exact) mass is 252 g/mol. The average Bonchev–Trinajstić information content (AvgIpc) is 2.31. The van der Waals surface area contributed by atoms with E-state index in [-0.39, 0.29) is 6.61 Å². The van der Waals surface area contributed by atoms with E-state index in [1.165, 1.54) is 0 Å². The van der Waals surface area contributed by atoms with Gasteiger partial charge < -0.3 is 21.3 Å². The molecule has 0 radical (unpaired) electrons. The summed E-state index contributed by atoms with van der Waals surface area (Å²) in [5.74, 6) is 0.168. The Kier molecular flexibility index (Phi) is 5.12. The minimum atomic E-state index is -1.04. The molecule has 0 fully saturated rings. The summed E-state index contributed by atoms with van der Waals surface area (Å²) in [6.45, 7) is 2.04. The number of aliphatic hydroxyl groups excluding tert-OH is 1. The Bertz CT molecular complexity index is 388. The van der Waals surface area contributed by atoms with E-state index in [1.807, 2.05) is 24.3 Å². The molecule has 0 aromatic heterocycles. The third-order valence-corrected chi connectivity index (χ3v) is 2.78. The number of ether oxygens (including phenoxy) is 1. The molecule has 0 bridgehead atoms. The summed E-state index contributed by atoms with van der Waals surface area (Å²) in [7, 11) is 0. The number of nitrogens with two attached hydrogens (primary N) is 2. The van der Waals surface area contributed by atoms with E-state index in [4.69, 9.17) is 21.3 Å². The maximum Gasteiger partial charge on any atom is 0.237 e. The molecule has 0 saturated heterocycles. The maximum atomic E-state index is 11.0. The molecule has 1 rings (SSSR count). The van der Waals surface area contributed by atoms with Crippen LogP contribution >= 0.6 is 0 Å². The highest BCUT2D eigenvalue weighted by Gasteiger charge is 2.25. The van der Waals surface area contributed by atoms with Gasteiger partial charge in [-0.3, -0.25) is 4.79 Å². The topological polar surface area (TPSA) is 98.6 Å². The van der Waals surface area contributed by atoms with Gasteiger partial charge in [-0.15, -0.1) is 0 Å². The van der Waals surface area contributed by atoms with Crippen molar-refractivity contribution in [2.45, 2.75) is 25.3 Å². The first-order chi connectivity index (χ1) is 8.45. The molecule has 5 heteroatoms. The summed E-state index contributed by atoms with van der Waals surface area (Å²) in [4.78, 5) is 11.0. The minimum Gasteiger partial charge on any atom is -0.494 e.